The maximum atomic E-state index is 13.2. The van der Waals surface area contributed by atoms with Crippen molar-refractivity contribution < 1.29 is 9.18 Å². The highest BCUT2D eigenvalue weighted by Gasteiger charge is 2.14. The normalized spacial score (nSPS) is 12.0. The van der Waals surface area contributed by atoms with Crippen LogP contribution in [-0.2, 0) is 11.2 Å². The molecular weight excluding hydrogens is 267 g/mol. The molecule has 0 saturated carbocycles. The molecule has 0 aliphatic carbocycles. The van der Waals surface area contributed by atoms with Gasteiger partial charge in [0.05, 0.1) is 18.2 Å². The Bertz CT molecular complexity index is 613. The second-order valence-electron chi connectivity index (χ2n) is 5.03. The molecule has 0 saturated heterocycles. The van der Waals surface area contributed by atoms with Crippen molar-refractivity contribution in [2.75, 3.05) is 0 Å². The number of carbonyl (C=O) groups excluding carboxylic acids is 1. The van der Waals surface area contributed by atoms with E-state index >= 15 is 0 Å². The third-order valence-electron chi connectivity index (χ3n) is 3.45. The van der Waals surface area contributed by atoms with Gasteiger partial charge in [-0.2, -0.15) is 0 Å². The van der Waals surface area contributed by atoms with Crippen molar-refractivity contribution in [1.29, 1.82) is 0 Å². The zero-order valence-corrected chi connectivity index (χ0v) is 12.3. The van der Waals surface area contributed by atoms with Crippen LogP contribution in [0.2, 0.25) is 0 Å². The number of hydrogen-bond donors (Lipinski definition) is 1. The number of rotatable bonds is 5. The fraction of sp³-hybridized carbons (Fsp3) is 0.294. The Labute approximate surface area is 124 Å². The van der Waals surface area contributed by atoms with Gasteiger partial charge in [-0.25, -0.2) is 4.39 Å². The summed E-state index contributed by atoms with van der Waals surface area (Å²) in [5.74, 6) is -0.443. The lowest BCUT2D eigenvalue weighted by Gasteiger charge is -2.17. The Hall–Kier alpha value is -2.23. The molecule has 1 amide bonds. The summed E-state index contributed by atoms with van der Waals surface area (Å²) in [6.45, 7) is 3.87. The van der Waals surface area contributed by atoms with E-state index in [0.29, 0.717) is 5.56 Å². The quantitative estimate of drug-likeness (QED) is 0.916. The molecule has 1 N–H and O–H groups in total. The Kier molecular flexibility index (Phi) is 5.04. The fourth-order valence-electron chi connectivity index (χ4n) is 2.22. The van der Waals surface area contributed by atoms with Gasteiger partial charge >= 0.3 is 0 Å². The monoisotopic (exact) mass is 286 g/mol. The van der Waals surface area contributed by atoms with E-state index < -0.39 is 0 Å². The molecule has 1 atom stereocenters. The first-order valence-electron chi connectivity index (χ1n) is 7.05. The molecule has 1 aromatic carbocycles. The number of pyridine rings is 1. The lowest BCUT2D eigenvalue weighted by atomic mass is 10.0. The number of carbonyl (C=O) groups is 1. The van der Waals surface area contributed by atoms with Gasteiger partial charge < -0.3 is 5.32 Å². The number of nitrogens with zero attached hydrogens (tertiary/aromatic N) is 1. The van der Waals surface area contributed by atoms with Crippen molar-refractivity contribution in [3.63, 3.8) is 0 Å². The van der Waals surface area contributed by atoms with E-state index in [1.807, 2.05) is 32.0 Å². The van der Waals surface area contributed by atoms with Crippen LogP contribution in [0.3, 0.4) is 0 Å². The molecule has 2 aromatic rings. The maximum absolute atomic E-state index is 13.2. The molecule has 2 rings (SSSR count). The summed E-state index contributed by atoms with van der Waals surface area (Å²) in [5.41, 5.74) is 2.46. The Morgan fingerprint density at radius 2 is 2.14 bits per heavy atom. The van der Waals surface area contributed by atoms with Crippen LogP contribution in [0, 0.1) is 12.7 Å². The van der Waals surface area contributed by atoms with E-state index in [-0.39, 0.29) is 24.2 Å². The minimum absolute atomic E-state index is 0.118. The molecule has 4 heteroatoms. The first-order chi connectivity index (χ1) is 10.1. The molecule has 0 bridgehead atoms. The maximum Gasteiger partial charge on any atom is 0.224 e. The van der Waals surface area contributed by atoms with Crippen molar-refractivity contribution in [2.45, 2.75) is 32.7 Å². The minimum Gasteiger partial charge on any atom is -0.347 e. The van der Waals surface area contributed by atoms with Gasteiger partial charge in [0.1, 0.15) is 5.82 Å². The first kappa shape index (κ1) is 15.2. The largest absolute Gasteiger partial charge is 0.347 e. The van der Waals surface area contributed by atoms with Gasteiger partial charge in [-0.15, -0.1) is 0 Å². The number of aromatic nitrogens is 1. The molecule has 0 spiro atoms. The number of halogens is 1. The highest BCUT2D eigenvalue weighted by Crippen LogP contribution is 2.15. The predicted octanol–water partition coefficient (Wildman–Crippen LogP) is 3.34. The van der Waals surface area contributed by atoms with Crippen molar-refractivity contribution in [3.8, 4) is 0 Å². The summed E-state index contributed by atoms with van der Waals surface area (Å²) in [6, 6.07) is 10.0. The van der Waals surface area contributed by atoms with Crippen LogP contribution in [0.4, 0.5) is 4.39 Å². The van der Waals surface area contributed by atoms with Crippen LogP contribution >= 0.6 is 0 Å². The van der Waals surface area contributed by atoms with E-state index in [4.69, 9.17) is 0 Å². The molecule has 1 heterocycles. The van der Waals surface area contributed by atoms with Crippen molar-refractivity contribution in [2.24, 2.45) is 0 Å². The summed E-state index contributed by atoms with van der Waals surface area (Å²) in [7, 11) is 0. The molecule has 0 aliphatic heterocycles. The summed E-state index contributed by atoms with van der Waals surface area (Å²) >= 11 is 0. The second-order valence-corrected chi connectivity index (χ2v) is 5.03. The van der Waals surface area contributed by atoms with Gasteiger partial charge in [0, 0.05) is 6.20 Å². The second kappa shape index (κ2) is 6.97. The molecule has 0 radical (unpaired) electrons. The van der Waals surface area contributed by atoms with Crippen LogP contribution in [0.5, 0.6) is 0 Å². The third kappa shape index (κ3) is 4.12. The highest BCUT2D eigenvalue weighted by molar-refractivity contribution is 5.79. The summed E-state index contributed by atoms with van der Waals surface area (Å²) < 4.78 is 13.2. The Morgan fingerprint density at radius 3 is 2.81 bits per heavy atom. The van der Waals surface area contributed by atoms with Crippen LogP contribution in [0.15, 0.2) is 42.6 Å². The van der Waals surface area contributed by atoms with Gasteiger partial charge in [-0.3, -0.25) is 9.78 Å². The zero-order chi connectivity index (χ0) is 15.2. The lowest BCUT2D eigenvalue weighted by Crippen LogP contribution is -2.30. The van der Waals surface area contributed by atoms with Crippen LogP contribution in [-0.4, -0.2) is 10.9 Å². The summed E-state index contributed by atoms with van der Waals surface area (Å²) in [5, 5.41) is 2.95. The van der Waals surface area contributed by atoms with Gasteiger partial charge in [0.2, 0.25) is 5.91 Å². The van der Waals surface area contributed by atoms with Crippen LogP contribution in [0.25, 0.3) is 0 Å². The van der Waals surface area contributed by atoms with Crippen LogP contribution < -0.4 is 5.32 Å². The smallest absolute Gasteiger partial charge is 0.224 e. The average molecular weight is 286 g/mol. The zero-order valence-electron chi connectivity index (χ0n) is 12.3. The number of aryl methyl sites for hydroxylation is 1. The Balaban J connectivity index is 2.05. The molecule has 110 valence electrons. The molecule has 1 aromatic heterocycles. The summed E-state index contributed by atoms with van der Waals surface area (Å²) in [4.78, 5) is 16.4. The summed E-state index contributed by atoms with van der Waals surface area (Å²) in [6.07, 6.45) is 2.64. The van der Waals surface area contributed by atoms with E-state index in [2.05, 4.69) is 10.3 Å². The molecule has 0 aliphatic rings. The van der Waals surface area contributed by atoms with Gasteiger partial charge in [-0.1, -0.05) is 19.1 Å². The molecule has 3 nitrogen and oxygen atoms in total. The third-order valence-corrected chi connectivity index (χ3v) is 3.45. The van der Waals surface area contributed by atoms with Crippen molar-refractivity contribution in [1.82, 2.24) is 10.3 Å². The molecule has 21 heavy (non-hydrogen) atoms. The van der Waals surface area contributed by atoms with E-state index in [1.54, 1.807) is 12.3 Å². The standard InChI is InChI=1S/C17H19FN2O/c1-3-15(16-6-4-5-9-19-16)20-17(21)11-13-10-14(18)8-7-12(13)2/h4-10,15H,3,11H2,1-2H3,(H,20,21)/t15-/m0/s1. The molecule has 0 fully saturated rings. The van der Waals surface area contributed by atoms with E-state index in [0.717, 1.165) is 17.7 Å². The van der Waals surface area contributed by atoms with Gasteiger partial charge in [-0.05, 0) is 48.7 Å². The number of hydrogen-bond acceptors (Lipinski definition) is 2. The fourth-order valence-corrected chi connectivity index (χ4v) is 2.22. The Morgan fingerprint density at radius 1 is 1.33 bits per heavy atom. The lowest BCUT2D eigenvalue weighted by molar-refractivity contribution is -0.121. The van der Waals surface area contributed by atoms with Crippen molar-refractivity contribution in [3.05, 3.63) is 65.2 Å². The van der Waals surface area contributed by atoms with E-state index in [9.17, 15) is 9.18 Å². The highest BCUT2D eigenvalue weighted by atomic mass is 19.1. The number of amides is 1. The van der Waals surface area contributed by atoms with Gasteiger partial charge in [0.15, 0.2) is 0 Å². The number of nitrogens with one attached hydrogen (secondary N) is 1. The number of benzene rings is 1. The van der Waals surface area contributed by atoms with Crippen molar-refractivity contribution >= 4 is 5.91 Å². The minimum atomic E-state index is -0.319. The average Bonchev–Trinajstić information content (AvgIpc) is 2.49. The topological polar surface area (TPSA) is 42.0 Å². The molecular formula is C17H19FN2O. The van der Waals surface area contributed by atoms with E-state index in [1.165, 1.54) is 12.1 Å². The predicted molar refractivity (Wildman–Crippen MR) is 80.3 cm³/mol. The first-order valence-corrected chi connectivity index (χ1v) is 7.05. The van der Waals surface area contributed by atoms with Gasteiger partial charge in [0.25, 0.3) is 0 Å². The molecule has 0 unspecified atom stereocenters. The SMILES string of the molecule is CC[C@H](NC(=O)Cc1cc(F)ccc1C)c1ccccn1. The van der Waals surface area contributed by atoms with Crippen LogP contribution in [0.1, 0.15) is 36.2 Å².